The van der Waals surface area contributed by atoms with Gasteiger partial charge in [0.25, 0.3) is 5.65 Å². The highest BCUT2D eigenvalue weighted by molar-refractivity contribution is 6.35. The van der Waals surface area contributed by atoms with E-state index < -0.39 is 0 Å². The molecule has 0 atom stereocenters. The third-order valence-electron chi connectivity index (χ3n) is 3.62. The third-order valence-corrected chi connectivity index (χ3v) is 4.06. The molecule has 2 heterocycles. The van der Waals surface area contributed by atoms with Crippen LogP contribution in [-0.4, -0.2) is 15.8 Å². The van der Waals surface area contributed by atoms with Crippen LogP contribution in [0.15, 0.2) is 58.7 Å². The van der Waals surface area contributed by atoms with Gasteiger partial charge in [0, 0.05) is 28.7 Å². The molecule has 0 saturated carbocycles. The van der Waals surface area contributed by atoms with E-state index >= 15 is 0 Å². The van der Waals surface area contributed by atoms with Crippen molar-refractivity contribution in [2.24, 2.45) is 5.16 Å². The van der Waals surface area contributed by atoms with Crippen LogP contribution in [0.4, 0.5) is 0 Å². The van der Waals surface area contributed by atoms with Crippen LogP contribution in [0.25, 0.3) is 16.8 Å². The van der Waals surface area contributed by atoms with Crippen molar-refractivity contribution in [1.29, 1.82) is 0 Å². The Morgan fingerprint density at radius 1 is 1.21 bits per heavy atom. The molecule has 0 aliphatic heterocycles. The minimum atomic E-state index is -0.156. The first-order valence-electron chi connectivity index (χ1n) is 7.26. The van der Waals surface area contributed by atoms with Gasteiger partial charge < -0.3 is 5.21 Å². The van der Waals surface area contributed by atoms with Crippen molar-refractivity contribution < 1.29 is 9.77 Å². The Balaban J connectivity index is 2.24. The molecule has 0 saturated heterocycles. The number of hydrogen-bond acceptors (Lipinski definition) is 3. The van der Waals surface area contributed by atoms with Gasteiger partial charge >= 0.3 is 5.56 Å². The highest BCUT2D eigenvalue weighted by Gasteiger charge is 2.17. The number of halogens is 2. The smallest absolute Gasteiger partial charge is 0.350 e. The molecule has 24 heavy (non-hydrogen) atoms. The summed E-state index contributed by atoms with van der Waals surface area (Å²) in [5.74, 6) is 0. The molecule has 5 nitrogen and oxygen atoms in total. The van der Waals surface area contributed by atoms with Crippen molar-refractivity contribution in [3.05, 3.63) is 69.2 Å². The SMILES string of the molecule is O=c1c(-c2cc(Cl)cc(Cl)c2)c[n+](CCC=NO)c2ccccn12. The van der Waals surface area contributed by atoms with Crippen LogP contribution in [-0.2, 0) is 6.54 Å². The number of aryl methyl sites for hydroxylation is 1. The summed E-state index contributed by atoms with van der Waals surface area (Å²) in [4.78, 5) is 12.8. The lowest BCUT2D eigenvalue weighted by atomic mass is 10.1. The van der Waals surface area contributed by atoms with E-state index in [0.717, 1.165) is 5.65 Å². The molecule has 122 valence electrons. The van der Waals surface area contributed by atoms with E-state index in [1.165, 1.54) is 6.21 Å². The fraction of sp³-hybridized carbons (Fsp3) is 0.118. The predicted molar refractivity (Wildman–Crippen MR) is 94.2 cm³/mol. The van der Waals surface area contributed by atoms with Gasteiger partial charge in [-0.1, -0.05) is 29.3 Å². The van der Waals surface area contributed by atoms with Gasteiger partial charge in [-0.15, -0.1) is 5.16 Å². The molecular formula is C17H14Cl2N3O2+. The van der Waals surface area contributed by atoms with Gasteiger partial charge in [0.1, 0.15) is 11.8 Å². The molecule has 0 aliphatic carbocycles. The summed E-state index contributed by atoms with van der Waals surface area (Å²) in [7, 11) is 0. The standard InChI is InChI=1S/C17H13Cl2N3O2/c18-13-8-12(9-14(19)10-13)15-11-21(6-3-5-20-24)16-4-1-2-7-22(16)17(15)23/h1-2,4-5,7-11H,3,6H2/p+1. The first kappa shape index (κ1) is 16.5. The summed E-state index contributed by atoms with van der Waals surface area (Å²) < 4.78 is 3.49. The van der Waals surface area contributed by atoms with Crippen LogP contribution in [0, 0.1) is 0 Å². The predicted octanol–water partition coefficient (Wildman–Crippen LogP) is 3.41. The summed E-state index contributed by atoms with van der Waals surface area (Å²) >= 11 is 12.1. The van der Waals surface area contributed by atoms with Gasteiger partial charge in [0.05, 0.1) is 12.7 Å². The van der Waals surface area contributed by atoms with E-state index in [2.05, 4.69) is 5.16 Å². The lowest BCUT2D eigenvalue weighted by Crippen LogP contribution is -2.40. The van der Waals surface area contributed by atoms with Crippen molar-refractivity contribution in [3.8, 4) is 11.1 Å². The molecule has 1 N–H and O–H groups in total. The van der Waals surface area contributed by atoms with Crippen molar-refractivity contribution in [2.75, 3.05) is 0 Å². The molecule has 2 aromatic heterocycles. The van der Waals surface area contributed by atoms with E-state index in [4.69, 9.17) is 28.4 Å². The first-order valence-corrected chi connectivity index (χ1v) is 8.02. The summed E-state index contributed by atoms with van der Waals surface area (Å²) in [5, 5.41) is 12.5. The van der Waals surface area contributed by atoms with Crippen LogP contribution in [0.3, 0.4) is 0 Å². The summed E-state index contributed by atoms with van der Waals surface area (Å²) in [5.41, 5.74) is 1.73. The summed E-state index contributed by atoms with van der Waals surface area (Å²) in [6, 6.07) is 10.5. The van der Waals surface area contributed by atoms with Gasteiger partial charge in [-0.2, -0.15) is 4.40 Å². The number of fused-ring (bicyclic) bond motifs is 1. The van der Waals surface area contributed by atoms with Crippen LogP contribution in [0.5, 0.6) is 0 Å². The Morgan fingerprint density at radius 2 is 1.96 bits per heavy atom. The van der Waals surface area contributed by atoms with Crippen LogP contribution in [0.1, 0.15) is 6.42 Å². The lowest BCUT2D eigenvalue weighted by Gasteiger charge is -2.07. The molecule has 0 spiro atoms. The number of rotatable bonds is 4. The monoisotopic (exact) mass is 362 g/mol. The van der Waals surface area contributed by atoms with Crippen molar-refractivity contribution in [1.82, 2.24) is 4.40 Å². The van der Waals surface area contributed by atoms with Crippen LogP contribution >= 0.6 is 23.2 Å². The van der Waals surface area contributed by atoms with Gasteiger partial charge in [-0.3, -0.25) is 0 Å². The zero-order chi connectivity index (χ0) is 17.1. The second-order valence-electron chi connectivity index (χ2n) is 5.22. The minimum absolute atomic E-state index is 0.156. The number of pyridine rings is 1. The molecule has 0 aliphatic rings. The Morgan fingerprint density at radius 3 is 2.67 bits per heavy atom. The Hall–Kier alpha value is -2.37. The highest BCUT2D eigenvalue weighted by Crippen LogP contribution is 2.25. The van der Waals surface area contributed by atoms with E-state index in [1.807, 2.05) is 16.7 Å². The second kappa shape index (κ2) is 7.03. The quantitative estimate of drug-likeness (QED) is 0.334. The molecule has 0 unspecified atom stereocenters. The normalized spacial score (nSPS) is 11.4. The molecule has 3 aromatic rings. The maximum atomic E-state index is 12.8. The molecule has 0 radical (unpaired) electrons. The molecule has 0 amide bonds. The van der Waals surface area contributed by atoms with E-state index in [9.17, 15) is 4.79 Å². The Kier molecular flexibility index (Phi) is 4.83. The molecule has 0 fully saturated rings. The maximum absolute atomic E-state index is 12.8. The van der Waals surface area contributed by atoms with Gasteiger partial charge in [0.2, 0.25) is 0 Å². The lowest BCUT2D eigenvalue weighted by molar-refractivity contribution is -0.672. The summed E-state index contributed by atoms with van der Waals surface area (Å²) in [6.45, 7) is 0.555. The third kappa shape index (κ3) is 3.27. The maximum Gasteiger partial charge on any atom is 0.350 e. The Bertz CT molecular complexity index is 963. The number of benzene rings is 1. The number of nitrogens with zero attached hydrogens (tertiary/aromatic N) is 3. The fourth-order valence-corrected chi connectivity index (χ4v) is 3.11. The zero-order valence-corrected chi connectivity index (χ0v) is 14.1. The number of oxime groups is 1. The topological polar surface area (TPSA) is 58.0 Å². The average molecular weight is 363 g/mol. The molecule has 0 bridgehead atoms. The Labute approximate surface area is 148 Å². The van der Waals surface area contributed by atoms with E-state index in [1.54, 1.807) is 41.1 Å². The molecule has 1 aromatic carbocycles. The summed E-state index contributed by atoms with van der Waals surface area (Å²) in [6.07, 6.45) is 5.42. The highest BCUT2D eigenvalue weighted by atomic mass is 35.5. The molecular weight excluding hydrogens is 349 g/mol. The fourth-order valence-electron chi connectivity index (χ4n) is 2.59. The van der Waals surface area contributed by atoms with Gasteiger partial charge in [0.15, 0.2) is 0 Å². The largest absolute Gasteiger partial charge is 0.411 e. The average Bonchev–Trinajstić information content (AvgIpc) is 2.56. The number of hydrogen-bond donors (Lipinski definition) is 1. The molecule has 7 heteroatoms. The van der Waals surface area contributed by atoms with Crippen LogP contribution in [0.2, 0.25) is 10.0 Å². The van der Waals surface area contributed by atoms with E-state index in [-0.39, 0.29) is 5.56 Å². The van der Waals surface area contributed by atoms with Crippen molar-refractivity contribution in [2.45, 2.75) is 13.0 Å². The minimum Gasteiger partial charge on any atom is -0.411 e. The second-order valence-corrected chi connectivity index (χ2v) is 6.09. The molecule has 3 rings (SSSR count). The first-order chi connectivity index (χ1) is 11.6. The van der Waals surface area contributed by atoms with E-state index in [0.29, 0.717) is 34.1 Å². The van der Waals surface area contributed by atoms with Crippen LogP contribution < -0.4 is 10.1 Å². The van der Waals surface area contributed by atoms with Gasteiger partial charge in [-0.25, -0.2) is 9.36 Å². The van der Waals surface area contributed by atoms with Gasteiger partial charge in [-0.05, 0) is 29.8 Å². The van der Waals surface area contributed by atoms with Crippen molar-refractivity contribution in [3.63, 3.8) is 0 Å². The van der Waals surface area contributed by atoms with Crippen molar-refractivity contribution >= 4 is 35.1 Å². The zero-order valence-electron chi connectivity index (χ0n) is 12.6. The number of aromatic nitrogens is 2.